The fraction of sp³-hybridized carbons (Fsp3) is 0.643. The van der Waals surface area contributed by atoms with Crippen LogP contribution in [0.15, 0.2) is 12.1 Å². The van der Waals surface area contributed by atoms with Gasteiger partial charge in [0.25, 0.3) is 0 Å². The zero-order valence-corrected chi connectivity index (χ0v) is 12.7. The van der Waals surface area contributed by atoms with Crippen LogP contribution in [0.3, 0.4) is 0 Å². The molecule has 1 fully saturated rings. The lowest BCUT2D eigenvalue weighted by Crippen LogP contribution is -2.29. The van der Waals surface area contributed by atoms with Crippen molar-refractivity contribution in [3.05, 3.63) is 22.2 Å². The highest BCUT2D eigenvalue weighted by atomic mass is 16.6. The lowest BCUT2D eigenvalue weighted by atomic mass is 10.1. The third-order valence-corrected chi connectivity index (χ3v) is 3.86. The molecule has 1 unspecified atom stereocenters. The summed E-state index contributed by atoms with van der Waals surface area (Å²) in [5.41, 5.74) is -0.0190. The van der Waals surface area contributed by atoms with Gasteiger partial charge >= 0.3 is 5.69 Å². The van der Waals surface area contributed by atoms with Crippen molar-refractivity contribution in [3.8, 4) is 5.88 Å². The SMILES string of the molecule is COc1ccc([N+](=O)[O-])c(NCC2CCN(C(C)C)C2)n1. The summed E-state index contributed by atoms with van der Waals surface area (Å²) in [6.45, 7) is 7.15. The second kappa shape index (κ2) is 6.71. The fourth-order valence-electron chi connectivity index (χ4n) is 2.56. The predicted octanol–water partition coefficient (Wildman–Crippen LogP) is 2.14. The predicted molar refractivity (Wildman–Crippen MR) is 80.7 cm³/mol. The first kappa shape index (κ1) is 15.5. The molecule has 1 atom stereocenters. The summed E-state index contributed by atoms with van der Waals surface area (Å²) < 4.78 is 5.03. The van der Waals surface area contributed by atoms with Crippen molar-refractivity contribution >= 4 is 11.5 Å². The van der Waals surface area contributed by atoms with E-state index in [2.05, 4.69) is 29.0 Å². The molecule has 0 aromatic carbocycles. The first-order valence-corrected chi connectivity index (χ1v) is 7.18. The molecule has 0 bridgehead atoms. The van der Waals surface area contributed by atoms with Crippen molar-refractivity contribution in [3.63, 3.8) is 0 Å². The smallest absolute Gasteiger partial charge is 0.311 e. The normalized spacial score (nSPS) is 19.0. The van der Waals surface area contributed by atoms with Gasteiger partial charge in [-0.2, -0.15) is 4.98 Å². The molecule has 2 rings (SSSR count). The summed E-state index contributed by atoms with van der Waals surface area (Å²) in [5.74, 6) is 1.14. The maximum atomic E-state index is 11.0. The van der Waals surface area contributed by atoms with Gasteiger partial charge in [0.05, 0.1) is 12.0 Å². The Morgan fingerprint density at radius 2 is 2.33 bits per heavy atom. The number of hydrogen-bond donors (Lipinski definition) is 1. The summed E-state index contributed by atoms with van der Waals surface area (Å²) in [6, 6.07) is 3.46. The highest BCUT2D eigenvalue weighted by molar-refractivity contribution is 5.57. The molecule has 1 aromatic heterocycles. The van der Waals surface area contributed by atoms with Crippen LogP contribution in [-0.4, -0.2) is 47.6 Å². The van der Waals surface area contributed by atoms with Gasteiger partial charge in [0.15, 0.2) is 0 Å². The van der Waals surface area contributed by atoms with Gasteiger partial charge in [-0.3, -0.25) is 10.1 Å². The zero-order valence-electron chi connectivity index (χ0n) is 12.7. The van der Waals surface area contributed by atoms with E-state index in [-0.39, 0.29) is 11.5 Å². The van der Waals surface area contributed by atoms with Gasteiger partial charge < -0.3 is 15.0 Å². The van der Waals surface area contributed by atoms with Gasteiger partial charge in [0, 0.05) is 31.3 Å². The summed E-state index contributed by atoms with van der Waals surface area (Å²) in [5, 5.41) is 14.1. The van der Waals surface area contributed by atoms with E-state index in [1.807, 2.05) is 0 Å². The van der Waals surface area contributed by atoms with E-state index in [1.165, 1.54) is 19.2 Å². The molecule has 1 aliphatic rings. The number of nitro groups is 1. The van der Waals surface area contributed by atoms with E-state index >= 15 is 0 Å². The fourth-order valence-corrected chi connectivity index (χ4v) is 2.56. The number of rotatable bonds is 6. The Balaban J connectivity index is 2.01. The first-order valence-electron chi connectivity index (χ1n) is 7.18. The van der Waals surface area contributed by atoms with Crippen molar-refractivity contribution in [2.24, 2.45) is 5.92 Å². The molecule has 116 valence electrons. The molecule has 0 saturated carbocycles. The van der Waals surface area contributed by atoms with Gasteiger partial charge in [-0.25, -0.2) is 0 Å². The third kappa shape index (κ3) is 3.81. The van der Waals surface area contributed by atoms with Crippen LogP contribution in [0.1, 0.15) is 20.3 Å². The van der Waals surface area contributed by atoms with Crippen LogP contribution in [0.5, 0.6) is 5.88 Å². The number of aromatic nitrogens is 1. The summed E-state index contributed by atoms with van der Waals surface area (Å²) >= 11 is 0. The van der Waals surface area contributed by atoms with E-state index < -0.39 is 4.92 Å². The quantitative estimate of drug-likeness (QED) is 0.639. The monoisotopic (exact) mass is 294 g/mol. The Morgan fingerprint density at radius 1 is 1.57 bits per heavy atom. The molecule has 1 N–H and O–H groups in total. The molecular formula is C14H22N4O3. The van der Waals surface area contributed by atoms with Crippen molar-refractivity contribution in [2.45, 2.75) is 26.3 Å². The van der Waals surface area contributed by atoms with Crippen LogP contribution in [0.4, 0.5) is 11.5 Å². The van der Waals surface area contributed by atoms with E-state index in [0.717, 1.165) is 19.5 Å². The molecule has 1 aromatic rings. The molecule has 2 heterocycles. The molecule has 0 aliphatic carbocycles. The minimum absolute atomic E-state index is 0.0190. The van der Waals surface area contributed by atoms with Crippen LogP contribution >= 0.6 is 0 Å². The van der Waals surface area contributed by atoms with E-state index in [1.54, 1.807) is 0 Å². The number of nitrogens with one attached hydrogen (secondary N) is 1. The largest absolute Gasteiger partial charge is 0.481 e. The molecule has 7 nitrogen and oxygen atoms in total. The molecule has 21 heavy (non-hydrogen) atoms. The molecule has 0 amide bonds. The summed E-state index contributed by atoms with van der Waals surface area (Å²) in [6.07, 6.45) is 1.10. The molecule has 0 radical (unpaired) electrons. The lowest BCUT2D eigenvalue weighted by molar-refractivity contribution is -0.384. The van der Waals surface area contributed by atoms with Crippen LogP contribution in [0.2, 0.25) is 0 Å². The molecule has 1 aliphatic heterocycles. The third-order valence-electron chi connectivity index (χ3n) is 3.86. The zero-order chi connectivity index (χ0) is 15.4. The number of likely N-dealkylation sites (tertiary alicyclic amines) is 1. The minimum Gasteiger partial charge on any atom is -0.481 e. The Morgan fingerprint density at radius 3 is 2.90 bits per heavy atom. The van der Waals surface area contributed by atoms with Crippen LogP contribution < -0.4 is 10.1 Å². The van der Waals surface area contributed by atoms with Gasteiger partial charge in [-0.05, 0) is 32.7 Å². The number of pyridine rings is 1. The van der Waals surface area contributed by atoms with Crippen LogP contribution in [0, 0.1) is 16.0 Å². The maximum absolute atomic E-state index is 11.0. The van der Waals surface area contributed by atoms with Gasteiger partial charge in [0.1, 0.15) is 0 Å². The number of methoxy groups -OCH3 is 1. The van der Waals surface area contributed by atoms with Gasteiger partial charge in [-0.15, -0.1) is 0 Å². The van der Waals surface area contributed by atoms with E-state index in [0.29, 0.717) is 24.4 Å². The first-order chi connectivity index (χ1) is 10.0. The Labute approximate surface area is 124 Å². The van der Waals surface area contributed by atoms with Crippen LogP contribution in [0.25, 0.3) is 0 Å². The average Bonchev–Trinajstić information content (AvgIpc) is 2.93. The number of ether oxygens (including phenoxy) is 1. The van der Waals surface area contributed by atoms with E-state index in [9.17, 15) is 10.1 Å². The van der Waals surface area contributed by atoms with Gasteiger partial charge in [0.2, 0.25) is 11.7 Å². The standard InChI is InChI=1S/C14H22N4O3/c1-10(2)17-7-6-11(9-17)8-15-14-12(18(19)20)4-5-13(16-14)21-3/h4-5,10-11H,6-9H2,1-3H3,(H,15,16). The highest BCUT2D eigenvalue weighted by Crippen LogP contribution is 2.26. The van der Waals surface area contributed by atoms with Crippen molar-refractivity contribution < 1.29 is 9.66 Å². The highest BCUT2D eigenvalue weighted by Gasteiger charge is 2.25. The van der Waals surface area contributed by atoms with Crippen molar-refractivity contribution in [1.82, 2.24) is 9.88 Å². The second-order valence-corrected chi connectivity index (χ2v) is 5.60. The maximum Gasteiger partial charge on any atom is 0.311 e. The molecule has 0 spiro atoms. The van der Waals surface area contributed by atoms with Gasteiger partial charge in [-0.1, -0.05) is 0 Å². The summed E-state index contributed by atoms with van der Waals surface area (Å²) in [4.78, 5) is 17.2. The molecular weight excluding hydrogens is 272 g/mol. The summed E-state index contributed by atoms with van der Waals surface area (Å²) in [7, 11) is 1.50. The molecule has 7 heteroatoms. The minimum atomic E-state index is -0.427. The Kier molecular flexibility index (Phi) is 4.95. The average molecular weight is 294 g/mol. The van der Waals surface area contributed by atoms with Crippen molar-refractivity contribution in [2.75, 3.05) is 32.1 Å². The number of nitrogens with zero attached hydrogens (tertiary/aromatic N) is 3. The van der Waals surface area contributed by atoms with Crippen LogP contribution in [-0.2, 0) is 0 Å². The lowest BCUT2D eigenvalue weighted by Gasteiger charge is -2.20. The Hall–Kier alpha value is -1.89. The number of anilines is 1. The molecule has 1 saturated heterocycles. The topological polar surface area (TPSA) is 80.5 Å². The van der Waals surface area contributed by atoms with Crippen molar-refractivity contribution in [1.29, 1.82) is 0 Å². The number of hydrogen-bond acceptors (Lipinski definition) is 6. The van der Waals surface area contributed by atoms with E-state index in [4.69, 9.17) is 4.74 Å². The Bertz CT molecular complexity index is 507. The second-order valence-electron chi connectivity index (χ2n) is 5.60.